The van der Waals surface area contributed by atoms with Gasteiger partial charge in [0.1, 0.15) is 5.75 Å². The lowest BCUT2D eigenvalue weighted by atomic mass is 10.0. The normalized spacial score (nSPS) is 12.4. The van der Waals surface area contributed by atoms with E-state index in [1.165, 1.54) is 0 Å². The molecule has 0 bridgehead atoms. The summed E-state index contributed by atoms with van der Waals surface area (Å²) in [5.74, 6) is -0.544. The van der Waals surface area contributed by atoms with E-state index in [1.807, 2.05) is 32.0 Å². The van der Waals surface area contributed by atoms with E-state index in [0.717, 1.165) is 5.56 Å². The molecule has 23 heavy (non-hydrogen) atoms. The summed E-state index contributed by atoms with van der Waals surface area (Å²) in [6, 6.07) is 7.43. The maximum absolute atomic E-state index is 11.8. The number of benzene rings is 1. The minimum absolute atomic E-state index is 0.142. The van der Waals surface area contributed by atoms with Crippen LogP contribution < -0.4 is 10.2 Å². The molecule has 0 aromatic heterocycles. The van der Waals surface area contributed by atoms with Crippen molar-refractivity contribution in [3.05, 3.63) is 29.8 Å². The quantitative estimate of drug-likeness (QED) is 0.453. The van der Waals surface area contributed by atoms with Gasteiger partial charge in [-0.3, -0.25) is 9.59 Å². The first-order valence-electron chi connectivity index (χ1n) is 7.67. The fourth-order valence-corrected chi connectivity index (χ4v) is 1.99. The molecular weight excluding hydrogens is 296 g/mol. The van der Waals surface area contributed by atoms with Crippen LogP contribution in [0.3, 0.4) is 0 Å². The predicted octanol–water partition coefficient (Wildman–Crippen LogP) is 2.46. The molecule has 1 rings (SSSR count). The first-order chi connectivity index (χ1) is 11.0. The monoisotopic (exact) mass is 320 g/mol. The molecule has 6 heteroatoms. The first kappa shape index (κ1) is 18.7. The van der Waals surface area contributed by atoms with E-state index < -0.39 is 5.92 Å². The Morgan fingerprint density at radius 1 is 1.30 bits per heavy atom. The van der Waals surface area contributed by atoms with Crippen molar-refractivity contribution in [1.82, 2.24) is 5.43 Å². The fraction of sp³-hybridized carbons (Fsp3) is 0.471. The van der Waals surface area contributed by atoms with Gasteiger partial charge >= 0.3 is 5.97 Å². The maximum atomic E-state index is 11.8. The zero-order valence-electron chi connectivity index (χ0n) is 14.1. The molecule has 1 amide bonds. The Morgan fingerprint density at radius 2 is 2.04 bits per heavy atom. The Morgan fingerprint density at radius 3 is 2.65 bits per heavy atom. The van der Waals surface area contributed by atoms with Crippen molar-refractivity contribution in [2.24, 2.45) is 11.0 Å². The molecule has 1 aromatic rings. The van der Waals surface area contributed by atoms with Gasteiger partial charge in [-0.2, -0.15) is 5.10 Å². The van der Waals surface area contributed by atoms with Crippen LogP contribution in [0.1, 0.15) is 32.8 Å². The number of ether oxygens (including phenoxy) is 2. The van der Waals surface area contributed by atoms with Gasteiger partial charge in [0.05, 0.1) is 12.5 Å². The highest BCUT2D eigenvalue weighted by Crippen LogP contribution is 2.12. The number of nitrogens with zero attached hydrogens (tertiary/aromatic N) is 1. The third kappa shape index (κ3) is 6.50. The van der Waals surface area contributed by atoms with E-state index in [-0.39, 0.29) is 18.5 Å². The zero-order valence-corrected chi connectivity index (χ0v) is 14.1. The molecular formula is C17H24N2O4. The van der Waals surface area contributed by atoms with Crippen LogP contribution in [0, 0.1) is 12.8 Å². The highest BCUT2D eigenvalue weighted by molar-refractivity contribution is 6.01. The van der Waals surface area contributed by atoms with E-state index in [4.69, 9.17) is 9.47 Å². The topological polar surface area (TPSA) is 77.0 Å². The number of nitrogens with one attached hydrogen (secondary N) is 1. The first-order valence-corrected chi connectivity index (χ1v) is 7.67. The Balaban J connectivity index is 2.51. The van der Waals surface area contributed by atoms with Gasteiger partial charge in [0.25, 0.3) is 5.91 Å². The van der Waals surface area contributed by atoms with E-state index in [0.29, 0.717) is 24.5 Å². The largest absolute Gasteiger partial charge is 0.484 e. The van der Waals surface area contributed by atoms with Gasteiger partial charge in [-0.05, 0) is 44.9 Å². The zero-order chi connectivity index (χ0) is 17.2. The number of esters is 1. The molecule has 0 fully saturated rings. The van der Waals surface area contributed by atoms with E-state index in [9.17, 15) is 9.59 Å². The van der Waals surface area contributed by atoms with Crippen LogP contribution >= 0.6 is 0 Å². The second-order valence-electron chi connectivity index (χ2n) is 5.11. The lowest BCUT2D eigenvalue weighted by molar-refractivity contribution is -0.145. The molecule has 0 saturated heterocycles. The van der Waals surface area contributed by atoms with E-state index >= 15 is 0 Å². The number of hydrogen-bond donors (Lipinski definition) is 1. The summed E-state index contributed by atoms with van der Waals surface area (Å²) in [7, 11) is 0. The number of carbonyl (C=O) groups excluding carboxylic acids is 2. The number of aryl methyl sites for hydroxylation is 1. The molecule has 0 radical (unpaired) electrons. The van der Waals surface area contributed by atoms with Crippen molar-refractivity contribution in [1.29, 1.82) is 0 Å². The summed E-state index contributed by atoms with van der Waals surface area (Å²) in [5, 5.41) is 3.96. The van der Waals surface area contributed by atoms with Crippen molar-refractivity contribution >= 4 is 17.6 Å². The molecule has 0 aliphatic heterocycles. The van der Waals surface area contributed by atoms with Crippen LogP contribution in [-0.2, 0) is 14.3 Å². The standard InChI is InChI=1S/C17H24N2O4/c1-5-15(17(21)22-6-2)13(4)18-19-16(20)11-23-14-9-7-8-12(3)10-14/h7-10,15H,5-6,11H2,1-4H3,(H,19,20). The summed E-state index contributed by atoms with van der Waals surface area (Å²) in [4.78, 5) is 23.5. The summed E-state index contributed by atoms with van der Waals surface area (Å²) < 4.78 is 10.4. The summed E-state index contributed by atoms with van der Waals surface area (Å²) in [5.41, 5.74) is 3.96. The van der Waals surface area contributed by atoms with E-state index in [1.54, 1.807) is 19.9 Å². The number of hydrogen-bond acceptors (Lipinski definition) is 5. The SMILES string of the molecule is CCOC(=O)C(CC)C(C)=NNC(=O)COc1cccc(C)c1. The van der Waals surface area contributed by atoms with Crippen LogP contribution in [0.5, 0.6) is 5.75 Å². The Kier molecular flexibility index (Phi) is 7.80. The summed E-state index contributed by atoms with van der Waals surface area (Å²) in [6.07, 6.45) is 0.559. The lowest BCUT2D eigenvalue weighted by Crippen LogP contribution is -2.29. The van der Waals surface area contributed by atoms with Gasteiger partial charge < -0.3 is 9.47 Å². The van der Waals surface area contributed by atoms with Gasteiger partial charge in [0.15, 0.2) is 6.61 Å². The molecule has 0 saturated carbocycles. The van der Waals surface area contributed by atoms with Gasteiger partial charge in [0, 0.05) is 5.71 Å². The smallest absolute Gasteiger partial charge is 0.314 e. The minimum atomic E-state index is -0.451. The average Bonchev–Trinajstić information content (AvgIpc) is 2.52. The Hall–Kier alpha value is -2.37. The molecule has 1 N–H and O–H groups in total. The number of carbonyl (C=O) groups is 2. The van der Waals surface area contributed by atoms with Crippen molar-refractivity contribution in [2.45, 2.75) is 34.1 Å². The van der Waals surface area contributed by atoms with Gasteiger partial charge in [0.2, 0.25) is 0 Å². The number of rotatable bonds is 8. The highest BCUT2D eigenvalue weighted by atomic mass is 16.5. The van der Waals surface area contributed by atoms with Crippen molar-refractivity contribution in [3.63, 3.8) is 0 Å². The highest BCUT2D eigenvalue weighted by Gasteiger charge is 2.21. The third-order valence-electron chi connectivity index (χ3n) is 3.20. The van der Waals surface area contributed by atoms with Gasteiger partial charge in [-0.15, -0.1) is 0 Å². The van der Waals surface area contributed by atoms with E-state index in [2.05, 4.69) is 10.5 Å². The number of hydrazone groups is 1. The molecule has 1 atom stereocenters. The number of amides is 1. The van der Waals surface area contributed by atoms with Crippen molar-refractivity contribution < 1.29 is 19.1 Å². The molecule has 0 aliphatic carbocycles. The molecule has 1 aromatic carbocycles. The summed E-state index contributed by atoms with van der Waals surface area (Å²) >= 11 is 0. The second-order valence-corrected chi connectivity index (χ2v) is 5.11. The average molecular weight is 320 g/mol. The lowest BCUT2D eigenvalue weighted by Gasteiger charge is -2.13. The van der Waals surface area contributed by atoms with Gasteiger partial charge in [-0.1, -0.05) is 19.1 Å². The van der Waals surface area contributed by atoms with Crippen molar-refractivity contribution in [2.75, 3.05) is 13.2 Å². The van der Waals surface area contributed by atoms with Crippen LogP contribution in [0.25, 0.3) is 0 Å². The van der Waals surface area contributed by atoms with Crippen LogP contribution in [-0.4, -0.2) is 30.8 Å². The maximum Gasteiger partial charge on any atom is 0.314 e. The molecule has 1 unspecified atom stereocenters. The van der Waals surface area contributed by atoms with Crippen LogP contribution in [0.4, 0.5) is 0 Å². The summed E-state index contributed by atoms with van der Waals surface area (Å²) in [6.45, 7) is 7.42. The van der Waals surface area contributed by atoms with Crippen LogP contribution in [0.15, 0.2) is 29.4 Å². The van der Waals surface area contributed by atoms with Crippen LogP contribution in [0.2, 0.25) is 0 Å². The fourth-order valence-electron chi connectivity index (χ4n) is 1.99. The molecule has 0 heterocycles. The molecule has 0 aliphatic rings. The molecule has 6 nitrogen and oxygen atoms in total. The molecule has 0 spiro atoms. The predicted molar refractivity (Wildman–Crippen MR) is 88.3 cm³/mol. The Labute approximate surface area is 136 Å². The third-order valence-corrected chi connectivity index (χ3v) is 3.20. The second kappa shape index (κ2) is 9.61. The van der Waals surface area contributed by atoms with Gasteiger partial charge in [-0.25, -0.2) is 5.43 Å². The molecule has 126 valence electrons. The Bertz CT molecular complexity index is 569. The minimum Gasteiger partial charge on any atom is -0.484 e. The van der Waals surface area contributed by atoms with Crippen molar-refractivity contribution in [3.8, 4) is 5.75 Å².